The fraction of sp³-hybridized carbons (Fsp3) is 0.400. The molecular formula is C10H9ClF4O2. The third-order valence-corrected chi connectivity index (χ3v) is 2.10. The van der Waals surface area contributed by atoms with Gasteiger partial charge in [0.1, 0.15) is 18.2 Å². The molecule has 0 radical (unpaired) electrons. The van der Waals surface area contributed by atoms with Crippen molar-refractivity contribution in [2.75, 3.05) is 6.61 Å². The van der Waals surface area contributed by atoms with E-state index in [1.54, 1.807) is 0 Å². The van der Waals surface area contributed by atoms with Crippen LogP contribution in [-0.2, 0) is 0 Å². The summed E-state index contributed by atoms with van der Waals surface area (Å²) in [7, 11) is 0. The first-order valence-corrected chi connectivity index (χ1v) is 4.98. The first kappa shape index (κ1) is 14.1. The van der Waals surface area contributed by atoms with Crippen LogP contribution in [0.1, 0.15) is 6.42 Å². The SMILES string of the molecule is O[C@H](COc1cc(F)ccc1Cl)CC(F)(F)F. The highest BCUT2D eigenvalue weighted by atomic mass is 35.5. The van der Waals surface area contributed by atoms with E-state index < -0.39 is 31.1 Å². The molecule has 2 nitrogen and oxygen atoms in total. The first-order valence-electron chi connectivity index (χ1n) is 4.60. The van der Waals surface area contributed by atoms with Crippen LogP contribution in [-0.4, -0.2) is 24.0 Å². The molecule has 7 heteroatoms. The van der Waals surface area contributed by atoms with Gasteiger partial charge >= 0.3 is 6.18 Å². The van der Waals surface area contributed by atoms with Crippen molar-refractivity contribution in [3.05, 3.63) is 29.0 Å². The van der Waals surface area contributed by atoms with Gasteiger partial charge in [-0.1, -0.05) is 11.6 Å². The third-order valence-electron chi connectivity index (χ3n) is 1.79. The summed E-state index contributed by atoms with van der Waals surface area (Å²) < 4.78 is 53.2. The summed E-state index contributed by atoms with van der Waals surface area (Å²) in [5.74, 6) is -0.734. The van der Waals surface area contributed by atoms with Crippen molar-refractivity contribution in [2.45, 2.75) is 18.7 Å². The molecule has 1 aromatic carbocycles. The van der Waals surface area contributed by atoms with E-state index in [0.29, 0.717) is 0 Å². The number of aliphatic hydroxyl groups excluding tert-OH is 1. The van der Waals surface area contributed by atoms with Crippen molar-refractivity contribution >= 4 is 11.6 Å². The second-order valence-corrected chi connectivity index (χ2v) is 3.77. The Morgan fingerprint density at radius 3 is 2.59 bits per heavy atom. The standard InChI is InChI=1S/C10H9ClF4O2/c11-8-2-1-6(12)3-9(8)17-5-7(16)4-10(13,14)15/h1-3,7,16H,4-5H2/t7-/m0/s1. The number of alkyl halides is 3. The van der Waals surface area contributed by atoms with Crippen LogP contribution >= 0.6 is 11.6 Å². The summed E-state index contributed by atoms with van der Waals surface area (Å²) >= 11 is 5.62. The molecule has 0 aromatic heterocycles. The Hall–Kier alpha value is -1.01. The maximum Gasteiger partial charge on any atom is 0.391 e. The predicted molar refractivity (Wildman–Crippen MR) is 53.6 cm³/mol. The van der Waals surface area contributed by atoms with Crippen molar-refractivity contribution in [1.82, 2.24) is 0 Å². The summed E-state index contributed by atoms with van der Waals surface area (Å²) in [4.78, 5) is 0. The van der Waals surface area contributed by atoms with Gasteiger partial charge in [0.05, 0.1) is 17.5 Å². The van der Waals surface area contributed by atoms with E-state index in [9.17, 15) is 17.6 Å². The van der Waals surface area contributed by atoms with E-state index in [1.165, 1.54) is 6.07 Å². The summed E-state index contributed by atoms with van der Waals surface area (Å²) in [6.45, 7) is -0.608. The van der Waals surface area contributed by atoms with E-state index in [1.807, 2.05) is 0 Å². The molecular weight excluding hydrogens is 264 g/mol. The van der Waals surface area contributed by atoms with Crippen LogP contribution in [0.25, 0.3) is 0 Å². The molecule has 17 heavy (non-hydrogen) atoms. The monoisotopic (exact) mass is 272 g/mol. The van der Waals surface area contributed by atoms with E-state index in [2.05, 4.69) is 0 Å². The zero-order valence-electron chi connectivity index (χ0n) is 8.47. The maximum absolute atomic E-state index is 12.8. The average molecular weight is 273 g/mol. The van der Waals surface area contributed by atoms with Crippen LogP contribution in [0.15, 0.2) is 18.2 Å². The molecule has 0 heterocycles. The molecule has 1 aromatic rings. The molecule has 0 amide bonds. The zero-order valence-corrected chi connectivity index (χ0v) is 9.22. The van der Waals surface area contributed by atoms with Gasteiger partial charge in [-0.15, -0.1) is 0 Å². The number of ether oxygens (including phenoxy) is 1. The summed E-state index contributed by atoms with van der Waals surface area (Å²) in [5, 5.41) is 9.09. The van der Waals surface area contributed by atoms with Crippen molar-refractivity contribution in [3.63, 3.8) is 0 Å². The fourth-order valence-electron chi connectivity index (χ4n) is 1.10. The van der Waals surface area contributed by atoms with Gasteiger partial charge in [-0.3, -0.25) is 0 Å². The molecule has 96 valence electrons. The molecule has 0 saturated carbocycles. The number of rotatable bonds is 4. The van der Waals surface area contributed by atoms with E-state index in [0.717, 1.165) is 12.1 Å². The molecule has 0 aliphatic carbocycles. The lowest BCUT2D eigenvalue weighted by molar-refractivity contribution is -0.156. The minimum Gasteiger partial charge on any atom is -0.489 e. The highest BCUT2D eigenvalue weighted by molar-refractivity contribution is 6.32. The zero-order chi connectivity index (χ0) is 13.1. The van der Waals surface area contributed by atoms with E-state index in [-0.39, 0.29) is 10.8 Å². The van der Waals surface area contributed by atoms with E-state index >= 15 is 0 Å². The number of benzene rings is 1. The summed E-state index contributed by atoms with van der Waals surface area (Å²) in [6, 6.07) is 3.23. The summed E-state index contributed by atoms with van der Waals surface area (Å²) in [6.07, 6.45) is -7.58. The lowest BCUT2D eigenvalue weighted by Crippen LogP contribution is -2.25. The van der Waals surface area contributed by atoms with Crippen molar-refractivity contribution in [2.24, 2.45) is 0 Å². The smallest absolute Gasteiger partial charge is 0.391 e. The molecule has 0 spiro atoms. The van der Waals surface area contributed by atoms with Gasteiger partial charge in [0.2, 0.25) is 0 Å². The van der Waals surface area contributed by atoms with Crippen molar-refractivity contribution in [1.29, 1.82) is 0 Å². The molecule has 0 fully saturated rings. The highest BCUT2D eigenvalue weighted by Gasteiger charge is 2.31. The number of hydrogen-bond donors (Lipinski definition) is 1. The molecule has 0 unspecified atom stereocenters. The highest BCUT2D eigenvalue weighted by Crippen LogP contribution is 2.26. The largest absolute Gasteiger partial charge is 0.489 e. The number of halogens is 5. The molecule has 1 N–H and O–H groups in total. The predicted octanol–water partition coefficient (Wildman–Crippen LogP) is 3.17. The van der Waals surface area contributed by atoms with Gasteiger partial charge in [-0.25, -0.2) is 4.39 Å². The van der Waals surface area contributed by atoms with Crippen LogP contribution < -0.4 is 4.74 Å². The quantitative estimate of drug-likeness (QED) is 0.853. The van der Waals surface area contributed by atoms with Gasteiger partial charge in [-0.05, 0) is 12.1 Å². The Bertz CT molecular complexity index is 381. The maximum atomic E-state index is 12.8. The fourth-order valence-corrected chi connectivity index (χ4v) is 1.27. The van der Waals surface area contributed by atoms with Gasteiger partial charge in [0.15, 0.2) is 0 Å². The summed E-state index contributed by atoms with van der Waals surface area (Å²) in [5.41, 5.74) is 0. The Kier molecular flexibility index (Phi) is 4.59. The Labute approximate surface area is 99.8 Å². The lowest BCUT2D eigenvalue weighted by Gasteiger charge is -2.14. The number of hydrogen-bond acceptors (Lipinski definition) is 2. The second kappa shape index (κ2) is 5.55. The van der Waals surface area contributed by atoms with Crippen LogP contribution in [0.4, 0.5) is 17.6 Å². The Balaban J connectivity index is 2.53. The van der Waals surface area contributed by atoms with Crippen LogP contribution in [0, 0.1) is 5.82 Å². The Morgan fingerprint density at radius 2 is 2.00 bits per heavy atom. The normalized spacial score (nSPS) is 13.5. The Morgan fingerprint density at radius 1 is 1.35 bits per heavy atom. The molecule has 0 saturated heterocycles. The van der Waals surface area contributed by atoms with Crippen molar-refractivity contribution in [3.8, 4) is 5.75 Å². The first-order chi connectivity index (χ1) is 7.78. The second-order valence-electron chi connectivity index (χ2n) is 3.36. The minimum absolute atomic E-state index is 0.0607. The molecule has 0 aliphatic heterocycles. The molecule has 0 aliphatic rings. The van der Waals surface area contributed by atoms with Crippen LogP contribution in [0.3, 0.4) is 0 Å². The van der Waals surface area contributed by atoms with Crippen molar-refractivity contribution < 1.29 is 27.4 Å². The molecule has 1 atom stereocenters. The van der Waals surface area contributed by atoms with Gasteiger partial charge < -0.3 is 9.84 Å². The van der Waals surface area contributed by atoms with E-state index in [4.69, 9.17) is 21.4 Å². The number of aliphatic hydroxyl groups is 1. The topological polar surface area (TPSA) is 29.5 Å². The minimum atomic E-state index is -4.48. The van der Waals surface area contributed by atoms with Crippen LogP contribution in [0.5, 0.6) is 5.75 Å². The van der Waals surface area contributed by atoms with Gasteiger partial charge in [-0.2, -0.15) is 13.2 Å². The van der Waals surface area contributed by atoms with Gasteiger partial charge in [0, 0.05) is 6.07 Å². The van der Waals surface area contributed by atoms with Crippen LogP contribution in [0.2, 0.25) is 5.02 Å². The molecule has 1 rings (SSSR count). The average Bonchev–Trinajstić information content (AvgIpc) is 2.17. The third kappa shape index (κ3) is 5.23. The molecule has 0 bridgehead atoms. The lowest BCUT2D eigenvalue weighted by atomic mass is 10.2. The van der Waals surface area contributed by atoms with Gasteiger partial charge in [0.25, 0.3) is 0 Å².